The molecule has 100 valence electrons. The molecule has 18 heavy (non-hydrogen) atoms. The SMILES string of the molecule is CC(C)C1CN(C(=O)c2ccc(Cl)s2)CCC1C. The van der Waals surface area contributed by atoms with Crippen LogP contribution in [0.1, 0.15) is 36.9 Å². The lowest BCUT2D eigenvalue weighted by Crippen LogP contribution is -2.44. The molecular weight excluding hydrogens is 266 g/mol. The van der Waals surface area contributed by atoms with Crippen LogP contribution in [0.15, 0.2) is 12.1 Å². The van der Waals surface area contributed by atoms with Gasteiger partial charge in [-0.15, -0.1) is 11.3 Å². The highest BCUT2D eigenvalue weighted by atomic mass is 35.5. The predicted octanol–water partition coefficient (Wildman–Crippen LogP) is 4.16. The van der Waals surface area contributed by atoms with Crippen molar-refractivity contribution in [2.24, 2.45) is 17.8 Å². The Morgan fingerprint density at radius 2 is 2.22 bits per heavy atom. The summed E-state index contributed by atoms with van der Waals surface area (Å²) in [4.78, 5) is 15.1. The maximum atomic E-state index is 12.4. The average Bonchev–Trinajstić information content (AvgIpc) is 2.75. The van der Waals surface area contributed by atoms with Gasteiger partial charge in [0.2, 0.25) is 0 Å². The highest BCUT2D eigenvalue weighted by Crippen LogP contribution is 2.31. The first kappa shape index (κ1) is 13.9. The molecule has 2 nitrogen and oxygen atoms in total. The van der Waals surface area contributed by atoms with E-state index in [1.54, 1.807) is 6.07 Å². The minimum atomic E-state index is 0.143. The molecule has 0 saturated carbocycles. The molecule has 1 fully saturated rings. The zero-order valence-electron chi connectivity index (χ0n) is 11.1. The van der Waals surface area contributed by atoms with Crippen molar-refractivity contribution in [3.63, 3.8) is 0 Å². The van der Waals surface area contributed by atoms with Crippen LogP contribution in [-0.2, 0) is 0 Å². The van der Waals surface area contributed by atoms with Gasteiger partial charge in [-0.2, -0.15) is 0 Å². The molecule has 0 radical (unpaired) electrons. The number of amides is 1. The molecule has 2 unspecified atom stereocenters. The van der Waals surface area contributed by atoms with Gasteiger partial charge in [0.05, 0.1) is 9.21 Å². The van der Waals surface area contributed by atoms with E-state index in [9.17, 15) is 4.79 Å². The summed E-state index contributed by atoms with van der Waals surface area (Å²) in [5, 5.41) is 0. The van der Waals surface area contributed by atoms with E-state index in [4.69, 9.17) is 11.6 Å². The summed E-state index contributed by atoms with van der Waals surface area (Å²) in [6.45, 7) is 8.55. The molecule has 2 rings (SSSR count). The van der Waals surface area contributed by atoms with Crippen molar-refractivity contribution in [3.05, 3.63) is 21.3 Å². The largest absolute Gasteiger partial charge is 0.338 e. The first-order valence-electron chi connectivity index (χ1n) is 6.53. The van der Waals surface area contributed by atoms with Crippen LogP contribution in [-0.4, -0.2) is 23.9 Å². The molecule has 0 N–H and O–H groups in total. The third-order valence-corrected chi connectivity index (χ3v) is 5.16. The highest BCUT2D eigenvalue weighted by Gasteiger charge is 2.31. The number of halogens is 1. The number of likely N-dealkylation sites (tertiary alicyclic amines) is 1. The Kier molecular flexibility index (Phi) is 4.33. The first-order valence-corrected chi connectivity index (χ1v) is 7.73. The molecule has 0 aliphatic carbocycles. The van der Waals surface area contributed by atoms with Crippen LogP contribution in [0.3, 0.4) is 0 Å². The smallest absolute Gasteiger partial charge is 0.263 e. The Hall–Kier alpha value is -0.540. The van der Waals surface area contributed by atoms with Crippen molar-refractivity contribution in [2.75, 3.05) is 13.1 Å². The molecule has 1 saturated heterocycles. The summed E-state index contributed by atoms with van der Waals surface area (Å²) in [5.41, 5.74) is 0. The number of piperidine rings is 1. The van der Waals surface area contributed by atoms with Crippen LogP contribution in [0, 0.1) is 17.8 Å². The summed E-state index contributed by atoms with van der Waals surface area (Å²) < 4.78 is 0.684. The van der Waals surface area contributed by atoms with Crippen LogP contribution in [0.25, 0.3) is 0 Å². The van der Waals surface area contributed by atoms with E-state index in [1.807, 2.05) is 11.0 Å². The van der Waals surface area contributed by atoms with Gasteiger partial charge in [0, 0.05) is 13.1 Å². The molecule has 4 heteroatoms. The fourth-order valence-electron chi connectivity index (χ4n) is 2.74. The first-order chi connectivity index (χ1) is 8.49. The molecule has 0 aromatic carbocycles. The maximum absolute atomic E-state index is 12.4. The normalized spacial score (nSPS) is 24.6. The summed E-state index contributed by atoms with van der Waals surface area (Å²) in [6, 6.07) is 3.63. The van der Waals surface area contributed by atoms with E-state index in [0.717, 1.165) is 24.4 Å². The number of rotatable bonds is 2. The van der Waals surface area contributed by atoms with Crippen LogP contribution < -0.4 is 0 Å². The number of nitrogens with zero attached hydrogens (tertiary/aromatic N) is 1. The summed E-state index contributed by atoms with van der Waals surface area (Å²) in [7, 11) is 0. The van der Waals surface area contributed by atoms with Crippen LogP contribution in [0.4, 0.5) is 0 Å². The quantitative estimate of drug-likeness (QED) is 0.799. The number of carbonyl (C=O) groups is 1. The maximum Gasteiger partial charge on any atom is 0.263 e. The van der Waals surface area contributed by atoms with Gasteiger partial charge in [0.1, 0.15) is 0 Å². The van der Waals surface area contributed by atoms with E-state index in [-0.39, 0.29) is 5.91 Å². The summed E-state index contributed by atoms with van der Waals surface area (Å²) in [6.07, 6.45) is 1.10. The van der Waals surface area contributed by atoms with E-state index >= 15 is 0 Å². The monoisotopic (exact) mass is 285 g/mol. The lowest BCUT2D eigenvalue weighted by atomic mass is 9.79. The second kappa shape index (κ2) is 5.62. The van der Waals surface area contributed by atoms with Gasteiger partial charge < -0.3 is 4.90 Å². The molecule has 2 atom stereocenters. The standard InChI is InChI=1S/C14H20ClNOS/c1-9(2)11-8-16(7-6-10(11)3)14(17)12-4-5-13(15)18-12/h4-5,9-11H,6-8H2,1-3H3. The average molecular weight is 286 g/mol. The number of carbonyl (C=O) groups excluding carboxylic acids is 1. The van der Waals surface area contributed by atoms with Crippen molar-refractivity contribution < 1.29 is 4.79 Å². The molecule has 1 aliphatic rings. The second-order valence-electron chi connectivity index (χ2n) is 5.53. The zero-order valence-corrected chi connectivity index (χ0v) is 12.7. The second-order valence-corrected chi connectivity index (χ2v) is 7.24. The van der Waals surface area contributed by atoms with Crippen LogP contribution in [0.2, 0.25) is 4.34 Å². The molecule has 1 aromatic heterocycles. The molecule has 1 aliphatic heterocycles. The lowest BCUT2D eigenvalue weighted by molar-refractivity contribution is 0.0553. The van der Waals surface area contributed by atoms with Crippen molar-refractivity contribution in [3.8, 4) is 0 Å². The van der Waals surface area contributed by atoms with Crippen molar-refractivity contribution in [1.29, 1.82) is 0 Å². The van der Waals surface area contributed by atoms with Crippen LogP contribution >= 0.6 is 22.9 Å². The predicted molar refractivity (Wildman–Crippen MR) is 77.3 cm³/mol. The number of hydrogen-bond donors (Lipinski definition) is 0. The molecule has 1 aromatic rings. The highest BCUT2D eigenvalue weighted by molar-refractivity contribution is 7.17. The van der Waals surface area contributed by atoms with Crippen LogP contribution in [0.5, 0.6) is 0 Å². The Morgan fingerprint density at radius 1 is 1.50 bits per heavy atom. The van der Waals surface area contributed by atoms with E-state index in [2.05, 4.69) is 20.8 Å². The van der Waals surface area contributed by atoms with Gasteiger partial charge in [0.15, 0.2) is 0 Å². The van der Waals surface area contributed by atoms with Gasteiger partial charge >= 0.3 is 0 Å². The third kappa shape index (κ3) is 2.89. The Balaban J connectivity index is 2.08. The topological polar surface area (TPSA) is 20.3 Å². The summed E-state index contributed by atoms with van der Waals surface area (Å²) >= 11 is 7.27. The van der Waals surface area contributed by atoms with E-state index in [1.165, 1.54) is 11.3 Å². The van der Waals surface area contributed by atoms with Gasteiger partial charge in [-0.05, 0) is 36.3 Å². The van der Waals surface area contributed by atoms with Gasteiger partial charge in [-0.3, -0.25) is 4.79 Å². The van der Waals surface area contributed by atoms with Crippen molar-refractivity contribution >= 4 is 28.8 Å². The van der Waals surface area contributed by atoms with E-state index < -0.39 is 0 Å². The summed E-state index contributed by atoms with van der Waals surface area (Å²) in [5.74, 6) is 2.09. The third-order valence-electron chi connectivity index (χ3n) is 3.94. The number of thiophene rings is 1. The Morgan fingerprint density at radius 3 is 2.78 bits per heavy atom. The molecule has 0 bridgehead atoms. The molecular formula is C14H20ClNOS. The Bertz CT molecular complexity index is 429. The van der Waals surface area contributed by atoms with Gasteiger partial charge in [-0.1, -0.05) is 32.4 Å². The Labute approximate surface area is 118 Å². The van der Waals surface area contributed by atoms with E-state index in [0.29, 0.717) is 22.1 Å². The number of hydrogen-bond acceptors (Lipinski definition) is 2. The minimum absolute atomic E-state index is 0.143. The molecule has 1 amide bonds. The van der Waals surface area contributed by atoms with Crippen molar-refractivity contribution in [2.45, 2.75) is 27.2 Å². The molecule has 0 spiro atoms. The minimum Gasteiger partial charge on any atom is -0.338 e. The lowest BCUT2D eigenvalue weighted by Gasteiger charge is -2.39. The fraction of sp³-hybridized carbons (Fsp3) is 0.643. The van der Waals surface area contributed by atoms with Gasteiger partial charge in [0.25, 0.3) is 5.91 Å². The molecule has 2 heterocycles. The van der Waals surface area contributed by atoms with Crippen molar-refractivity contribution in [1.82, 2.24) is 4.90 Å². The van der Waals surface area contributed by atoms with Gasteiger partial charge in [-0.25, -0.2) is 0 Å². The zero-order chi connectivity index (χ0) is 13.3. The fourth-order valence-corrected chi connectivity index (χ4v) is 3.75.